The number of hydrogen-bond acceptors (Lipinski definition) is 6. The van der Waals surface area contributed by atoms with E-state index in [1.54, 1.807) is 24.3 Å². The summed E-state index contributed by atoms with van der Waals surface area (Å²) in [6.07, 6.45) is 0. The Morgan fingerprint density at radius 3 is 2.26 bits per heavy atom. The fraction of sp³-hybridized carbons (Fsp3) is 0.409. The van der Waals surface area contributed by atoms with E-state index in [0.29, 0.717) is 33.5 Å². The van der Waals surface area contributed by atoms with Crippen LogP contribution in [0.2, 0.25) is 18.1 Å². The molecular weight excluding hydrogens is 482 g/mol. The summed E-state index contributed by atoms with van der Waals surface area (Å²) in [5, 5.41) is 11.2. The summed E-state index contributed by atoms with van der Waals surface area (Å²) in [6.45, 7) is 10.7. The highest BCUT2D eigenvalue weighted by atomic mass is 79.9. The lowest BCUT2D eigenvalue weighted by Gasteiger charge is -2.37. The van der Waals surface area contributed by atoms with Gasteiger partial charge in [-0.15, -0.1) is 0 Å². The lowest BCUT2D eigenvalue weighted by molar-refractivity contribution is -0.384. The first-order valence-corrected chi connectivity index (χ1v) is 13.8. The minimum atomic E-state index is -2.16. The number of nitro benzene ring substituents is 1. The van der Waals surface area contributed by atoms with Crippen LogP contribution in [0.1, 0.15) is 42.3 Å². The Kier molecular flexibility index (Phi) is 7.88. The molecule has 0 atom stereocenters. The van der Waals surface area contributed by atoms with Gasteiger partial charge in [-0.25, -0.2) is 4.79 Å². The summed E-state index contributed by atoms with van der Waals surface area (Å²) in [5.74, 6) is 0.581. The third-order valence-corrected chi connectivity index (χ3v) is 10.4. The smallest absolute Gasteiger partial charge is 0.339 e. The first kappa shape index (κ1) is 24.9. The molecule has 0 aliphatic heterocycles. The number of rotatable bonds is 8. The Morgan fingerprint density at radius 2 is 1.77 bits per heavy atom. The molecule has 2 aromatic rings. The third-order valence-electron chi connectivity index (χ3n) is 5.46. The zero-order valence-corrected chi connectivity index (χ0v) is 21.2. The van der Waals surface area contributed by atoms with Gasteiger partial charge in [0.25, 0.3) is 5.69 Å². The van der Waals surface area contributed by atoms with Crippen molar-refractivity contribution in [3.63, 3.8) is 0 Å². The van der Waals surface area contributed by atoms with Crippen molar-refractivity contribution < 1.29 is 23.6 Å². The van der Waals surface area contributed by atoms with Crippen LogP contribution in [0.4, 0.5) is 5.69 Å². The van der Waals surface area contributed by atoms with Crippen LogP contribution in [0, 0.1) is 10.1 Å². The molecule has 168 valence electrons. The van der Waals surface area contributed by atoms with Gasteiger partial charge in [0, 0.05) is 29.1 Å². The topological polar surface area (TPSA) is 87.9 Å². The summed E-state index contributed by atoms with van der Waals surface area (Å²) in [5.41, 5.74) is 1.68. The lowest BCUT2D eigenvalue weighted by Crippen LogP contribution is -2.44. The average molecular weight is 510 g/mol. The standard InChI is InChI=1S/C22H28BrNO6Si/c1-22(2,3)31(5,6)30-20-12-17(28-4)11-18(19(20)13-23)21(25)29-14-15-7-9-16(10-8-15)24(26)27/h7-12H,13-14H2,1-6H3. The summed E-state index contributed by atoms with van der Waals surface area (Å²) in [6, 6.07) is 9.31. The highest BCUT2D eigenvalue weighted by molar-refractivity contribution is 9.08. The maximum absolute atomic E-state index is 12.9. The van der Waals surface area contributed by atoms with Crippen LogP contribution < -0.4 is 9.16 Å². The van der Waals surface area contributed by atoms with Crippen molar-refractivity contribution in [2.75, 3.05) is 7.11 Å². The predicted molar refractivity (Wildman–Crippen MR) is 126 cm³/mol. The van der Waals surface area contributed by atoms with Crippen LogP contribution in [0.25, 0.3) is 0 Å². The molecule has 2 rings (SSSR count). The second-order valence-electron chi connectivity index (χ2n) is 8.65. The van der Waals surface area contributed by atoms with Crippen molar-refractivity contribution in [1.29, 1.82) is 0 Å². The van der Waals surface area contributed by atoms with Gasteiger partial charge in [-0.05, 0) is 41.9 Å². The Labute approximate surface area is 192 Å². The molecule has 0 aliphatic carbocycles. The van der Waals surface area contributed by atoms with Crippen LogP contribution in [-0.4, -0.2) is 26.3 Å². The first-order chi connectivity index (χ1) is 14.4. The maximum Gasteiger partial charge on any atom is 0.339 e. The average Bonchev–Trinajstić information content (AvgIpc) is 2.70. The van der Waals surface area contributed by atoms with E-state index < -0.39 is 19.2 Å². The van der Waals surface area contributed by atoms with E-state index in [1.165, 1.54) is 19.2 Å². The van der Waals surface area contributed by atoms with Crippen LogP contribution in [0.3, 0.4) is 0 Å². The van der Waals surface area contributed by atoms with Crippen molar-refractivity contribution in [2.24, 2.45) is 0 Å². The molecule has 31 heavy (non-hydrogen) atoms. The van der Waals surface area contributed by atoms with Gasteiger partial charge < -0.3 is 13.9 Å². The number of benzene rings is 2. The van der Waals surface area contributed by atoms with E-state index in [9.17, 15) is 14.9 Å². The number of carbonyl (C=O) groups excluding carboxylic acids is 1. The molecule has 0 N–H and O–H groups in total. The summed E-state index contributed by atoms with van der Waals surface area (Å²) < 4.78 is 17.3. The van der Waals surface area contributed by atoms with Gasteiger partial charge in [-0.2, -0.15) is 0 Å². The number of nitrogens with zero attached hydrogens (tertiary/aromatic N) is 1. The second kappa shape index (κ2) is 9.82. The monoisotopic (exact) mass is 509 g/mol. The van der Waals surface area contributed by atoms with Crippen molar-refractivity contribution >= 4 is 35.9 Å². The minimum absolute atomic E-state index is 0.00577. The van der Waals surface area contributed by atoms with Crippen LogP contribution in [0.5, 0.6) is 11.5 Å². The van der Waals surface area contributed by atoms with Crippen molar-refractivity contribution in [3.05, 3.63) is 63.2 Å². The first-order valence-electron chi connectivity index (χ1n) is 9.76. The molecule has 0 spiro atoms. The molecule has 0 fully saturated rings. The van der Waals surface area contributed by atoms with E-state index in [0.717, 1.165) is 0 Å². The van der Waals surface area contributed by atoms with E-state index in [4.69, 9.17) is 13.9 Å². The van der Waals surface area contributed by atoms with E-state index >= 15 is 0 Å². The van der Waals surface area contributed by atoms with Crippen molar-refractivity contribution in [3.8, 4) is 11.5 Å². The molecule has 0 aromatic heterocycles. The molecule has 2 aromatic carbocycles. The van der Waals surface area contributed by atoms with Gasteiger partial charge >= 0.3 is 5.97 Å². The molecule has 0 aliphatic rings. The number of nitro groups is 1. The highest BCUT2D eigenvalue weighted by Crippen LogP contribution is 2.40. The number of halogens is 1. The van der Waals surface area contributed by atoms with Crippen LogP contribution in [-0.2, 0) is 16.7 Å². The van der Waals surface area contributed by atoms with Gasteiger partial charge in [0.1, 0.15) is 18.1 Å². The number of alkyl halides is 1. The van der Waals surface area contributed by atoms with Crippen molar-refractivity contribution in [1.82, 2.24) is 0 Å². The number of carbonyl (C=O) groups is 1. The van der Waals surface area contributed by atoms with E-state index in [2.05, 4.69) is 49.8 Å². The zero-order valence-electron chi connectivity index (χ0n) is 18.7. The number of methoxy groups -OCH3 is 1. The Balaban J connectivity index is 2.31. The highest BCUT2D eigenvalue weighted by Gasteiger charge is 2.39. The van der Waals surface area contributed by atoms with Gasteiger partial charge in [0.2, 0.25) is 8.32 Å². The molecule has 0 bridgehead atoms. The number of ether oxygens (including phenoxy) is 2. The van der Waals surface area contributed by atoms with E-state index in [1.807, 2.05) is 0 Å². The van der Waals surface area contributed by atoms with Crippen LogP contribution >= 0.6 is 15.9 Å². The number of esters is 1. The fourth-order valence-electron chi connectivity index (χ4n) is 2.52. The summed E-state index contributed by atoms with van der Waals surface area (Å²) >= 11 is 3.47. The molecular formula is C22H28BrNO6Si. The largest absolute Gasteiger partial charge is 0.543 e. The Bertz CT molecular complexity index is 954. The lowest BCUT2D eigenvalue weighted by atomic mass is 10.1. The van der Waals surface area contributed by atoms with Gasteiger partial charge in [0.05, 0.1) is 17.6 Å². The zero-order chi connectivity index (χ0) is 23.4. The molecule has 0 heterocycles. The van der Waals surface area contributed by atoms with Crippen LogP contribution in [0.15, 0.2) is 36.4 Å². The molecule has 0 unspecified atom stereocenters. The summed E-state index contributed by atoms with van der Waals surface area (Å²) in [4.78, 5) is 23.2. The SMILES string of the molecule is COc1cc(O[Si](C)(C)C(C)(C)C)c(CBr)c(C(=O)OCc2ccc([N+](=O)[O-])cc2)c1. The predicted octanol–water partition coefficient (Wildman–Crippen LogP) is 6.24. The fourth-order valence-corrected chi connectivity index (χ4v) is 4.13. The van der Waals surface area contributed by atoms with Gasteiger partial charge in [-0.3, -0.25) is 10.1 Å². The van der Waals surface area contributed by atoms with Crippen molar-refractivity contribution in [2.45, 2.75) is 50.8 Å². The van der Waals surface area contributed by atoms with E-state index in [-0.39, 0.29) is 17.3 Å². The van der Waals surface area contributed by atoms with Gasteiger partial charge in [0.15, 0.2) is 0 Å². The molecule has 0 radical (unpaired) electrons. The third kappa shape index (κ3) is 6.07. The molecule has 0 saturated carbocycles. The second-order valence-corrected chi connectivity index (χ2v) is 13.9. The molecule has 7 nitrogen and oxygen atoms in total. The normalized spacial score (nSPS) is 11.7. The minimum Gasteiger partial charge on any atom is -0.543 e. The van der Waals surface area contributed by atoms with Gasteiger partial charge in [-0.1, -0.05) is 36.7 Å². The number of hydrogen-bond donors (Lipinski definition) is 0. The quantitative estimate of drug-likeness (QED) is 0.137. The molecule has 0 amide bonds. The number of non-ortho nitro benzene ring substituents is 1. The maximum atomic E-state index is 12.9. The Morgan fingerprint density at radius 1 is 1.16 bits per heavy atom. The summed E-state index contributed by atoms with van der Waals surface area (Å²) in [7, 11) is -0.623. The Hall–Kier alpha value is -2.39. The molecule has 9 heteroatoms. The molecule has 0 saturated heterocycles.